The van der Waals surface area contributed by atoms with Crippen LogP contribution in [0.3, 0.4) is 0 Å². The zero-order valence-electron chi connectivity index (χ0n) is 32.6. The van der Waals surface area contributed by atoms with Gasteiger partial charge in [-0.1, -0.05) is 56.3 Å². The van der Waals surface area contributed by atoms with Gasteiger partial charge in [0, 0.05) is 36.4 Å². The van der Waals surface area contributed by atoms with Gasteiger partial charge >= 0.3 is 0 Å². The summed E-state index contributed by atoms with van der Waals surface area (Å²) in [5, 5.41) is 15.7. The average molecular weight is 817 g/mol. The molecule has 2 aliphatic rings. The van der Waals surface area contributed by atoms with E-state index in [1.807, 2.05) is 18.2 Å². The number of carbonyl (C=O) groups is 1. The molecular weight excluding hydrogens is 773 g/mol. The number of ether oxygens (including phenoxy) is 3. The number of nitro benzene ring substituents is 1. The minimum Gasteiger partial charge on any atom is -0.455 e. The van der Waals surface area contributed by atoms with Crippen molar-refractivity contribution in [3.63, 3.8) is 0 Å². The van der Waals surface area contributed by atoms with E-state index in [-0.39, 0.29) is 35.7 Å². The lowest BCUT2D eigenvalue weighted by molar-refractivity contribution is -0.384. The summed E-state index contributed by atoms with van der Waals surface area (Å²) in [5.74, 6) is -0.164. The van der Waals surface area contributed by atoms with Crippen LogP contribution in [0, 0.1) is 10.1 Å². The number of nitrogens with zero attached hydrogens (tertiary/aromatic N) is 3. The fourth-order valence-electron chi connectivity index (χ4n) is 7.75. The van der Waals surface area contributed by atoms with Gasteiger partial charge in [0.1, 0.15) is 22.8 Å². The maximum Gasteiger partial charge on any atom is 0.293 e. The highest BCUT2D eigenvalue weighted by Gasteiger charge is 2.29. The van der Waals surface area contributed by atoms with E-state index in [2.05, 4.69) is 75.2 Å². The molecule has 0 aliphatic carbocycles. The first-order valence-corrected chi connectivity index (χ1v) is 21.0. The quantitative estimate of drug-likeness (QED) is 0.0754. The maximum absolute atomic E-state index is 13.9. The maximum atomic E-state index is 13.9. The number of anilines is 2. The lowest BCUT2D eigenvalue weighted by atomic mass is 9.91. The van der Waals surface area contributed by atoms with Crippen LogP contribution < -0.4 is 19.7 Å². The van der Waals surface area contributed by atoms with E-state index >= 15 is 0 Å². The second-order valence-corrected chi connectivity index (χ2v) is 16.6. The van der Waals surface area contributed by atoms with Crippen LogP contribution in [-0.2, 0) is 19.5 Å². The molecule has 2 aliphatic heterocycles. The number of amides is 1. The third-order valence-electron chi connectivity index (χ3n) is 10.7. The zero-order valence-corrected chi connectivity index (χ0v) is 33.4. The number of nitrogens with one attached hydrogen (secondary N) is 3. The standard InChI is InChI=1S/C44H44N6O8S/c1-28(2)36-6-3-4-7-37(36)40-8-5-19-49(40)32-12-9-29(10-13-32)30-11-15-38(42(23-30)58-33-22-31-17-18-45-43(31)47-25-33)44(51)48-59(54,55)35-14-16-39(41(24-35)50(52)53)46-26-34-27-56-20-21-57-34/h3-4,6-7,9-18,22-25,28,34,40,46H,5,8,19-21,26-27H2,1-2H3,(H,45,47)(H,48,51)/t34-,40+/m1/s1. The highest BCUT2D eigenvalue weighted by molar-refractivity contribution is 7.90. The first-order chi connectivity index (χ1) is 28.5. The Morgan fingerprint density at radius 2 is 1.83 bits per heavy atom. The molecule has 0 saturated carbocycles. The van der Waals surface area contributed by atoms with Gasteiger partial charge in [-0.15, -0.1) is 0 Å². The zero-order chi connectivity index (χ0) is 41.1. The molecule has 4 aromatic carbocycles. The molecule has 2 atom stereocenters. The number of sulfonamides is 1. The van der Waals surface area contributed by atoms with Crippen LogP contribution in [0.25, 0.3) is 22.2 Å². The largest absolute Gasteiger partial charge is 0.455 e. The minimum atomic E-state index is -4.59. The first kappa shape index (κ1) is 39.5. The minimum absolute atomic E-state index is 0.0747. The van der Waals surface area contributed by atoms with Gasteiger partial charge in [-0.2, -0.15) is 0 Å². The second-order valence-electron chi connectivity index (χ2n) is 14.9. The Bertz CT molecular complexity index is 2610. The van der Waals surface area contributed by atoms with Crippen LogP contribution in [0.4, 0.5) is 17.1 Å². The van der Waals surface area contributed by atoms with Gasteiger partial charge in [-0.05, 0) is 89.5 Å². The predicted octanol–water partition coefficient (Wildman–Crippen LogP) is 8.34. The van der Waals surface area contributed by atoms with Crippen LogP contribution in [0.5, 0.6) is 11.5 Å². The van der Waals surface area contributed by atoms with Gasteiger partial charge in [0.15, 0.2) is 0 Å². The summed E-state index contributed by atoms with van der Waals surface area (Å²) < 4.78 is 46.6. The Hall–Kier alpha value is -6.29. The smallest absolute Gasteiger partial charge is 0.293 e. The number of fused-ring (bicyclic) bond motifs is 1. The van der Waals surface area contributed by atoms with E-state index in [0.29, 0.717) is 37.1 Å². The number of carbonyl (C=O) groups excluding carboxylic acids is 1. The summed E-state index contributed by atoms with van der Waals surface area (Å²) >= 11 is 0. The summed E-state index contributed by atoms with van der Waals surface area (Å²) in [6.45, 7) is 6.81. The van der Waals surface area contributed by atoms with Crippen molar-refractivity contribution in [1.82, 2.24) is 14.7 Å². The topological polar surface area (TPSA) is 178 Å². The molecule has 14 nitrogen and oxygen atoms in total. The summed E-state index contributed by atoms with van der Waals surface area (Å²) in [7, 11) is -4.59. The Morgan fingerprint density at radius 1 is 1.02 bits per heavy atom. The second kappa shape index (κ2) is 16.9. The number of aromatic amines is 1. The fraction of sp³-hybridized carbons (Fsp3) is 0.273. The Balaban J connectivity index is 1.06. The van der Waals surface area contributed by atoms with E-state index in [1.165, 1.54) is 35.5 Å². The fourth-order valence-corrected chi connectivity index (χ4v) is 8.74. The van der Waals surface area contributed by atoms with E-state index in [4.69, 9.17) is 14.2 Å². The number of nitro groups is 1. The molecule has 1 amide bonds. The normalized spacial score (nSPS) is 17.0. The molecule has 3 N–H and O–H groups in total. The van der Waals surface area contributed by atoms with Crippen LogP contribution in [0.1, 0.15) is 60.1 Å². The molecule has 0 spiro atoms. The average Bonchev–Trinajstić information content (AvgIpc) is 3.93. The third-order valence-corrected chi connectivity index (χ3v) is 12.0. The highest BCUT2D eigenvalue weighted by atomic mass is 32.2. The first-order valence-electron chi connectivity index (χ1n) is 19.5. The molecule has 2 fully saturated rings. The van der Waals surface area contributed by atoms with Crippen molar-refractivity contribution >= 4 is 44.0 Å². The summed E-state index contributed by atoms with van der Waals surface area (Å²) in [6.07, 6.45) is 5.09. The number of H-pyrrole nitrogens is 1. The van der Waals surface area contributed by atoms with Crippen molar-refractivity contribution in [2.24, 2.45) is 0 Å². The molecular formula is C44H44N6O8S. The molecule has 15 heteroatoms. The number of benzene rings is 4. The van der Waals surface area contributed by atoms with E-state index < -0.39 is 31.4 Å². The molecule has 2 saturated heterocycles. The van der Waals surface area contributed by atoms with Crippen LogP contribution in [0.15, 0.2) is 114 Å². The van der Waals surface area contributed by atoms with Crippen molar-refractivity contribution in [3.05, 3.63) is 136 Å². The summed E-state index contributed by atoms with van der Waals surface area (Å²) in [6, 6.07) is 29.1. The van der Waals surface area contributed by atoms with Gasteiger partial charge < -0.3 is 29.4 Å². The Morgan fingerprint density at radius 3 is 2.61 bits per heavy atom. The highest BCUT2D eigenvalue weighted by Crippen LogP contribution is 2.40. The molecule has 0 radical (unpaired) electrons. The van der Waals surface area contributed by atoms with Crippen molar-refractivity contribution < 1.29 is 32.3 Å². The van der Waals surface area contributed by atoms with Crippen LogP contribution in [0.2, 0.25) is 0 Å². The van der Waals surface area contributed by atoms with Crippen molar-refractivity contribution in [2.45, 2.75) is 49.6 Å². The number of hydrogen-bond acceptors (Lipinski definition) is 11. The van der Waals surface area contributed by atoms with E-state index in [1.54, 1.807) is 24.4 Å². The van der Waals surface area contributed by atoms with E-state index in [0.717, 1.165) is 47.7 Å². The van der Waals surface area contributed by atoms with Gasteiger partial charge in [0.05, 0.1) is 53.5 Å². The van der Waals surface area contributed by atoms with Gasteiger partial charge in [0.2, 0.25) is 0 Å². The Kier molecular flexibility index (Phi) is 11.3. The van der Waals surface area contributed by atoms with Crippen LogP contribution in [-0.4, -0.2) is 68.2 Å². The molecule has 8 rings (SSSR count). The number of rotatable bonds is 13. The number of aromatic nitrogens is 2. The molecule has 0 bridgehead atoms. The summed E-state index contributed by atoms with van der Waals surface area (Å²) in [4.78, 5) is 34.6. The molecule has 59 heavy (non-hydrogen) atoms. The Labute approximate surface area is 341 Å². The molecule has 0 unspecified atom stereocenters. The predicted molar refractivity (Wildman–Crippen MR) is 225 cm³/mol. The molecule has 4 heterocycles. The lowest BCUT2D eigenvalue weighted by Crippen LogP contribution is -2.34. The lowest BCUT2D eigenvalue weighted by Gasteiger charge is -2.29. The summed E-state index contributed by atoms with van der Waals surface area (Å²) in [5.41, 5.74) is 5.60. The van der Waals surface area contributed by atoms with Crippen molar-refractivity contribution in [2.75, 3.05) is 43.1 Å². The monoisotopic (exact) mass is 816 g/mol. The van der Waals surface area contributed by atoms with Crippen LogP contribution >= 0.6 is 0 Å². The van der Waals surface area contributed by atoms with Crippen molar-refractivity contribution in [1.29, 1.82) is 0 Å². The van der Waals surface area contributed by atoms with Gasteiger partial charge in [-0.3, -0.25) is 14.9 Å². The molecule has 6 aromatic rings. The van der Waals surface area contributed by atoms with E-state index in [9.17, 15) is 23.3 Å². The SMILES string of the molecule is CC(C)c1ccccc1[C@@H]1CCCN1c1ccc(-c2ccc(C(=O)NS(=O)(=O)c3ccc(NC[C@@H]4COCCO4)c([N+](=O)[O-])c3)c(Oc3cnc4[nH]ccc4c3)c2)cc1. The number of pyridine rings is 1. The van der Waals surface area contributed by atoms with Crippen molar-refractivity contribution in [3.8, 4) is 22.6 Å². The molecule has 2 aromatic heterocycles. The number of hydrogen-bond donors (Lipinski definition) is 3. The van der Waals surface area contributed by atoms with Gasteiger partial charge in [-0.25, -0.2) is 18.1 Å². The van der Waals surface area contributed by atoms with Gasteiger partial charge in [0.25, 0.3) is 21.6 Å². The molecule has 304 valence electrons. The third kappa shape index (κ3) is 8.63.